The van der Waals surface area contributed by atoms with Crippen LogP contribution in [0.5, 0.6) is 11.5 Å². The minimum Gasteiger partial charge on any atom is -0.550 e. The number of quaternary nitrogens is 1. The number of carbonyl (C=O) groups excluding carboxylic acids is 1. The van der Waals surface area contributed by atoms with E-state index in [1.54, 1.807) is 6.20 Å². The Morgan fingerprint density at radius 3 is 2.80 bits per heavy atom. The Hall–Kier alpha value is -2.34. The molecule has 0 bridgehead atoms. The number of fused-ring (bicyclic) bond motifs is 1. The summed E-state index contributed by atoms with van der Waals surface area (Å²) in [6, 6.07) is 7.75. The van der Waals surface area contributed by atoms with Gasteiger partial charge in [-0.2, -0.15) is 0 Å². The second kappa shape index (κ2) is 6.72. The standard InChI is InChI=1S/C12H12N2O2.C2H4O2/c1-2-4-11-10(3-1)15-8-9(16-11)7-12-13-5-6-14-12;1-2(3)4/h1-6,9H,7-8H2,(H,13,14);1H3,(H,3,4). The molecule has 6 heteroatoms. The summed E-state index contributed by atoms with van der Waals surface area (Å²) in [5.41, 5.74) is 0. The fraction of sp³-hybridized carbons (Fsp3) is 0.286. The van der Waals surface area contributed by atoms with Gasteiger partial charge in [0.05, 0.1) is 12.6 Å². The summed E-state index contributed by atoms with van der Waals surface area (Å²) >= 11 is 0. The van der Waals surface area contributed by atoms with Gasteiger partial charge in [0.15, 0.2) is 11.5 Å². The summed E-state index contributed by atoms with van der Waals surface area (Å²) in [6.07, 6.45) is 4.59. The number of hydrogen-bond acceptors (Lipinski definition) is 5. The zero-order valence-corrected chi connectivity index (χ0v) is 11.1. The van der Waals surface area contributed by atoms with Crippen molar-refractivity contribution in [2.75, 3.05) is 6.61 Å². The maximum Gasteiger partial charge on any atom is 0.208 e. The molecule has 2 heterocycles. The summed E-state index contributed by atoms with van der Waals surface area (Å²) in [7, 11) is 0. The Bertz CT molecular complexity index is 536. The molecule has 106 valence electrons. The van der Waals surface area contributed by atoms with E-state index < -0.39 is 5.97 Å². The van der Waals surface area contributed by atoms with Gasteiger partial charge in [-0.25, -0.2) is 4.99 Å². The van der Waals surface area contributed by atoms with Crippen molar-refractivity contribution >= 4 is 11.8 Å². The summed E-state index contributed by atoms with van der Waals surface area (Å²) < 4.78 is 11.5. The van der Waals surface area contributed by atoms with Gasteiger partial charge in [0.25, 0.3) is 0 Å². The molecule has 1 atom stereocenters. The van der Waals surface area contributed by atoms with E-state index >= 15 is 0 Å². The third kappa shape index (κ3) is 4.10. The zero-order valence-electron chi connectivity index (χ0n) is 11.1. The lowest BCUT2D eigenvalue weighted by Crippen LogP contribution is -2.81. The minimum atomic E-state index is -1.08. The molecule has 0 radical (unpaired) electrons. The van der Waals surface area contributed by atoms with Crippen LogP contribution in [0, 0.1) is 0 Å². The lowest BCUT2D eigenvalue weighted by atomic mass is 10.2. The highest BCUT2D eigenvalue weighted by atomic mass is 16.6. The normalized spacial score (nSPS) is 18.9. The molecule has 1 aromatic rings. The topological polar surface area (TPSA) is 87.6 Å². The average molecular weight is 276 g/mol. The zero-order chi connectivity index (χ0) is 14.4. The molecule has 6 nitrogen and oxygen atoms in total. The van der Waals surface area contributed by atoms with E-state index in [0.29, 0.717) is 6.61 Å². The number of nitrogens with two attached hydrogens (primary N) is 1. The molecule has 0 aliphatic carbocycles. The monoisotopic (exact) mass is 276 g/mol. The van der Waals surface area contributed by atoms with Gasteiger partial charge in [-0.1, -0.05) is 12.1 Å². The number of rotatable bonds is 2. The third-order valence-electron chi connectivity index (χ3n) is 2.62. The maximum absolute atomic E-state index is 8.89. The molecular formula is C14H16N2O4. The van der Waals surface area contributed by atoms with Crippen molar-refractivity contribution in [3.05, 3.63) is 36.7 Å². The van der Waals surface area contributed by atoms with Crippen molar-refractivity contribution < 1.29 is 24.7 Å². The lowest BCUT2D eigenvalue weighted by molar-refractivity contribution is -0.460. The van der Waals surface area contributed by atoms with Crippen molar-refractivity contribution in [3.63, 3.8) is 0 Å². The molecule has 1 unspecified atom stereocenters. The number of carbonyl (C=O) groups is 1. The molecule has 0 amide bonds. The number of para-hydroxylation sites is 2. The Balaban J connectivity index is 0.000000328. The Labute approximate surface area is 116 Å². The quantitative estimate of drug-likeness (QED) is 0.783. The average Bonchev–Trinajstić information content (AvgIpc) is 2.91. The van der Waals surface area contributed by atoms with Crippen molar-refractivity contribution in [2.24, 2.45) is 4.99 Å². The second-order valence-electron chi connectivity index (χ2n) is 4.32. The van der Waals surface area contributed by atoms with Gasteiger partial charge in [-0.3, -0.25) is 5.32 Å². The van der Waals surface area contributed by atoms with Crippen LogP contribution < -0.4 is 19.9 Å². The molecule has 3 rings (SSSR count). The van der Waals surface area contributed by atoms with Gasteiger partial charge in [0.1, 0.15) is 18.9 Å². The third-order valence-corrected chi connectivity index (χ3v) is 2.62. The highest BCUT2D eigenvalue weighted by molar-refractivity contribution is 5.75. The van der Waals surface area contributed by atoms with Gasteiger partial charge in [0.2, 0.25) is 5.84 Å². The van der Waals surface area contributed by atoms with Crippen LogP contribution in [-0.4, -0.2) is 24.5 Å². The fourth-order valence-electron chi connectivity index (χ4n) is 1.85. The van der Waals surface area contributed by atoms with E-state index in [2.05, 4.69) is 4.99 Å². The van der Waals surface area contributed by atoms with Gasteiger partial charge < -0.3 is 19.4 Å². The molecule has 0 spiro atoms. The Kier molecular flexibility index (Phi) is 4.73. The molecule has 20 heavy (non-hydrogen) atoms. The van der Waals surface area contributed by atoms with E-state index in [1.807, 2.05) is 35.8 Å². The number of benzene rings is 1. The van der Waals surface area contributed by atoms with Crippen LogP contribution in [0.2, 0.25) is 0 Å². The Morgan fingerprint density at radius 1 is 1.45 bits per heavy atom. The number of carboxylic acid groups (broad SMARTS) is 1. The van der Waals surface area contributed by atoms with Gasteiger partial charge in [0, 0.05) is 5.97 Å². The molecule has 1 aromatic carbocycles. The van der Waals surface area contributed by atoms with E-state index in [-0.39, 0.29) is 6.10 Å². The molecule has 0 saturated carbocycles. The molecule has 2 aliphatic heterocycles. The van der Waals surface area contributed by atoms with E-state index in [9.17, 15) is 0 Å². The smallest absolute Gasteiger partial charge is 0.208 e. The lowest BCUT2D eigenvalue weighted by Gasteiger charge is -2.25. The SMILES string of the molecule is C1=C[NH2+]C(CC2COc3ccccc3O2)=N1.CC(=O)[O-]. The minimum absolute atomic E-state index is 0.0600. The molecular weight excluding hydrogens is 260 g/mol. The largest absolute Gasteiger partial charge is 0.550 e. The predicted octanol–water partition coefficient (Wildman–Crippen LogP) is -0.581. The summed E-state index contributed by atoms with van der Waals surface area (Å²) in [5.74, 6) is 1.62. The van der Waals surface area contributed by atoms with Crippen LogP contribution in [0.1, 0.15) is 13.3 Å². The van der Waals surface area contributed by atoms with Crippen LogP contribution in [0.4, 0.5) is 0 Å². The summed E-state index contributed by atoms with van der Waals surface area (Å²) in [6.45, 7) is 1.56. The van der Waals surface area contributed by atoms with Crippen molar-refractivity contribution in [1.29, 1.82) is 0 Å². The second-order valence-corrected chi connectivity index (χ2v) is 4.32. The fourth-order valence-corrected chi connectivity index (χ4v) is 1.85. The van der Waals surface area contributed by atoms with E-state index in [0.717, 1.165) is 30.7 Å². The summed E-state index contributed by atoms with van der Waals surface area (Å²) in [4.78, 5) is 13.1. The number of amidine groups is 1. The first-order valence-corrected chi connectivity index (χ1v) is 6.28. The van der Waals surface area contributed by atoms with Crippen LogP contribution in [-0.2, 0) is 4.79 Å². The molecule has 2 N–H and O–H groups in total. The van der Waals surface area contributed by atoms with Gasteiger partial charge in [-0.05, 0) is 19.1 Å². The number of ether oxygens (including phenoxy) is 2. The molecule has 2 aliphatic rings. The van der Waals surface area contributed by atoms with Crippen LogP contribution in [0.25, 0.3) is 0 Å². The molecule has 0 saturated heterocycles. The van der Waals surface area contributed by atoms with Crippen LogP contribution in [0.15, 0.2) is 41.7 Å². The van der Waals surface area contributed by atoms with Crippen LogP contribution >= 0.6 is 0 Å². The predicted molar refractivity (Wildman–Crippen MR) is 70.2 cm³/mol. The van der Waals surface area contributed by atoms with E-state index in [1.165, 1.54) is 0 Å². The van der Waals surface area contributed by atoms with E-state index in [4.69, 9.17) is 19.4 Å². The summed E-state index contributed by atoms with van der Waals surface area (Å²) in [5, 5.41) is 10.9. The number of nitrogens with zero attached hydrogens (tertiary/aromatic N) is 1. The number of hydrogen-bond donors (Lipinski definition) is 1. The molecule has 0 aromatic heterocycles. The van der Waals surface area contributed by atoms with Gasteiger partial charge >= 0.3 is 0 Å². The first-order valence-electron chi connectivity index (χ1n) is 6.28. The highest BCUT2D eigenvalue weighted by Crippen LogP contribution is 2.31. The highest BCUT2D eigenvalue weighted by Gasteiger charge is 2.24. The number of aliphatic imine (C=N–C) groups is 1. The Morgan fingerprint density at radius 2 is 2.15 bits per heavy atom. The van der Waals surface area contributed by atoms with Crippen LogP contribution in [0.3, 0.4) is 0 Å². The first-order chi connectivity index (χ1) is 9.65. The first kappa shape index (κ1) is 14.1. The van der Waals surface area contributed by atoms with Gasteiger partial charge in [-0.15, -0.1) is 0 Å². The maximum atomic E-state index is 8.89. The van der Waals surface area contributed by atoms with Crippen molar-refractivity contribution in [1.82, 2.24) is 0 Å². The van der Waals surface area contributed by atoms with Crippen molar-refractivity contribution in [2.45, 2.75) is 19.4 Å². The number of carboxylic acids is 1. The number of aliphatic carboxylic acids is 1. The van der Waals surface area contributed by atoms with Crippen molar-refractivity contribution in [3.8, 4) is 11.5 Å². The molecule has 0 fully saturated rings.